The first-order valence-corrected chi connectivity index (χ1v) is 7.42. The lowest BCUT2D eigenvalue weighted by Crippen LogP contribution is -2.62. The number of carbonyl (C=O) groups is 1. The molecular weight excluding hydrogens is 306 g/mol. The van der Waals surface area contributed by atoms with Crippen molar-refractivity contribution >= 4 is 27.5 Å². The van der Waals surface area contributed by atoms with E-state index in [-0.39, 0.29) is 11.8 Å². The molecule has 1 fully saturated rings. The van der Waals surface area contributed by atoms with Crippen molar-refractivity contribution in [1.29, 1.82) is 0 Å². The molecule has 2 atom stereocenters. The number of rotatable bonds is 4. The lowest BCUT2D eigenvalue weighted by Gasteiger charge is -2.43. The molecule has 0 aliphatic carbocycles. The highest BCUT2D eigenvalue weighted by Gasteiger charge is 2.44. The molecule has 0 spiro atoms. The van der Waals surface area contributed by atoms with Crippen LogP contribution in [0.4, 0.5) is 5.69 Å². The van der Waals surface area contributed by atoms with E-state index in [4.69, 9.17) is 5.73 Å². The Morgan fingerprint density at radius 3 is 2.79 bits per heavy atom. The van der Waals surface area contributed by atoms with Crippen LogP contribution in [0.5, 0.6) is 0 Å². The summed E-state index contributed by atoms with van der Waals surface area (Å²) in [5.41, 5.74) is 6.00. The molecule has 1 saturated heterocycles. The molecule has 19 heavy (non-hydrogen) atoms. The van der Waals surface area contributed by atoms with Gasteiger partial charge in [-0.3, -0.25) is 4.79 Å². The Hall–Kier alpha value is -1.07. The molecule has 2 rings (SSSR count). The molecule has 2 unspecified atom stereocenters. The van der Waals surface area contributed by atoms with Crippen molar-refractivity contribution in [3.8, 4) is 0 Å². The molecule has 1 aromatic carbocycles. The number of hydrogen-bond donors (Lipinski definition) is 3. The molecule has 0 bridgehead atoms. The van der Waals surface area contributed by atoms with Gasteiger partial charge in [-0.25, -0.2) is 0 Å². The fourth-order valence-electron chi connectivity index (χ4n) is 2.77. The lowest BCUT2D eigenvalue weighted by molar-refractivity contribution is -0.125. The number of nitrogens with one attached hydrogen (secondary N) is 2. The molecule has 104 valence electrons. The second kappa shape index (κ2) is 5.92. The highest BCUT2D eigenvalue weighted by molar-refractivity contribution is 9.10. The van der Waals surface area contributed by atoms with Gasteiger partial charge in [0.2, 0.25) is 5.91 Å². The maximum absolute atomic E-state index is 12.0. The van der Waals surface area contributed by atoms with Gasteiger partial charge >= 0.3 is 0 Å². The molecule has 1 heterocycles. The molecule has 1 aliphatic heterocycles. The SMILES string of the molecule is CCC1CNCCC1(Nc1ccc(Br)cc1)C(N)=O. The number of nitrogens with two attached hydrogens (primary N) is 1. The van der Waals surface area contributed by atoms with Gasteiger partial charge in [-0.05, 0) is 43.7 Å². The number of carbonyl (C=O) groups excluding carboxylic acids is 1. The molecule has 1 aliphatic rings. The first-order valence-electron chi connectivity index (χ1n) is 6.63. The fraction of sp³-hybridized carbons (Fsp3) is 0.500. The first kappa shape index (κ1) is 14.3. The van der Waals surface area contributed by atoms with Crippen molar-refractivity contribution in [3.63, 3.8) is 0 Å². The van der Waals surface area contributed by atoms with Crippen LogP contribution in [0.15, 0.2) is 28.7 Å². The van der Waals surface area contributed by atoms with Gasteiger partial charge in [-0.15, -0.1) is 0 Å². The average molecular weight is 326 g/mol. The maximum Gasteiger partial charge on any atom is 0.243 e. The van der Waals surface area contributed by atoms with Gasteiger partial charge in [0.25, 0.3) is 0 Å². The number of hydrogen-bond acceptors (Lipinski definition) is 3. The summed E-state index contributed by atoms with van der Waals surface area (Å²) in [6.07, 6.45) is 1.64. The van der Waals surface area contributed by atoms with Crippen LogP contribution in [0, 0.1) is 5.92 Å². The second-order valence-corrected chi connectivity index (χ2v) is 5.94. The Labute approximate surface area is 122 Å². The highest BCUT2D eigenvalue weighted by atomic mass is 79.9. The van der Waals surface area contributed by atoms with Gasteiger partial charge in [0.15, 0.2) is 0 Å². The molecule has 0 aromatic heterocycles. The van der Waals surface area contributed by atoms with E-state index in [1.807, 2.05) is 24.3 Å². The predicted octanol–water partition coefficient (Wildman–Crippen LogP) is 2.10. The Bertz CT molecular complexity index is 449. The van der Waals surface area contributed by atoms with E-state index < -0.39 is 5.54 Å². The van der Waals surface area contributed by atoms with Crippen LogP contribution in [0.25, 0.3) is 0 Å². The minimum Gasteiger partial charge on any atom is -0.371 e. The Morgan fingerprint density at radius 2 is 2.21 bits per heavy atom. The van der Waals surface area contributed by atoms with Crippen molar-refractivity contribution in [1.82, 2.24) is 5.32 Å². The van der Waals surface area contributed by atoms with Gasteiger partial charge < -0.3 is 16.4 Å². The van der Waals surface area contributed by atoms with Crippen molar-refractivity contribution in [2.75, 3.05) is 18.4 Å². The molecule has 0 radical (unpaired) electrons. The Kier molecular flexibility index (Phi) is 4.47. The number of primary amides is 1. The van der Waals surface area contributed by atoms with Gasteiger partial charge in [0.1, 0.15) is 5.54 Å². The van der Waals surface area contributed by atoms with E-state index >= 15 is 0 Å². The number of amides is 1. The normalized spacial score (nSPS) is 26.9. The molecule has 4 N–H and O–H groups in total. The summed E-state index contributed by atoms with van der Waals surface area (Å²) in [5.74, 6) is -0.0498. The van der Waals surface area contributed by atoms with E-state index in [1.165, 1.54) is 0 Å². The summed E-state index contributed by atoms with van der Waals surface area (Å²) in [4.78, 5) is 12.0. The lowest BCUT2D eigenvalue weighted by atomic mass is 9.76. The minimum atomic E-state index is -0.645. The van der Waals surface area contributed by atoms with E-state index in [9.17, 15) is 4.79 Å². The molecule has 4 nitrogen and oxygen atoms in total. The van der Waals surface area contributed by atoms with Gasteiger partial charge in [-0.1, -0.05) is 22.9 Å². The molecule has 0 saturated carbocycles. The zero-order valence-corrected chi connectivity index (χ0v) is 12.7. The summed E-state index contributed by atoms with van der Waals surface area (Å²) >= 11 is 3.41. The quantitative estimate of drug-likeness (QED) is 0.794. The molecule has 1 amide bonds. The van der Waals surface area contributed by atoms with Crippen LogP contribution in [0.2, 0.25) is 0 Å². The Morgan fingerprint density at radius 1 is 1.53 bits per heavy atom. The maximum atomic E-state index is 12.0. The Balaban J connectivity index is 2.28. The summed E-state index contributed by atoms with van der Waals surface area (Å²) in [7, 11) is 0. The van der Waals surface area contributed by atoms with Crippen molar-refractivity contribution in [2.45, 2.75) is 25.3 Å². The smallest absolute Gasteiger partial charge is 0.243 e. The highest BCUT2D eigenvalue weighted by Crippen LogP contribution is 2.31. The van der Waals surface area contributed by atoms with E-state index in [0.29, 0.717) is 0 Å². The molecular formula is C14H20BrN3O. The third kappa shape index (κ3) is 2.92. The largest absolute Gasteiger partial charge is 0.371 e. The minimum absolute atomic E-state index is 0.211. The van der Waals surface area contributed by atoms with Gasteiger partial charge in [0, 0.05) is 22.6 Å². The van der Waals surface area contributed by atoms with E-state index in [2.05, 4.69) is 33.5 Å². The third-order valence-corrected chi connectivity index (χ3v) is 4.46. The van der Waals surface area contributed by atoms with Gasteiger partial charge in [0.05, 0.1) is 0 Å². The monoisotopic (exact) mass is 325 g/mol. The topological polar surface area (TPSA) is 67.2 Å². The third-order valence-electron chi connectivity index (χ3n) is 3.93. The molecule has 1 aromatic rings. The van der Waals surface area contributed by atoms with Crippen molar-refractivity contribution in [3.05, 3.63) is 28.7 Å². The van der Waals surface area contributed by atoms with Crippen LogP contribution >= 0.6 is 15.9 Å². The standard InChI is InChI=1S/C14H20BrN3O/c1-2-10-9-17-8-7-14(10,13(16)19)18-12-5-3-11(15)4-6-12/h3-6,10,17-18H,2,7-9H2,1H3,(H2,16,19). The van der Waals surface area contributed by atoms with Crippen LogP contribution in [-0.2, 0) is 4.79 Å². The average Bonchev–Trinajstić information content (AvgIpc) is 2.41. The number of anilines is 1. The summed E-state index contributed by atoms with van der Waals surface area (Å²) in [5, 5.41) is 6.72. The number of benzene rings is 1. The van der Waals surface area contributed by atoms with Crippen LogP contribution in [-0.4, -0.2) is 24.5 Å². The number of halogens is 1. The van der Waals surface area contributed by atoms with Crippen molar-refractivity contribution in [2.24, 2.45) is 11.7 Å². The van der Waals surface area contributed by atoms with Crippen molar-refractivity contribution < 1.29 is 4.79 Å². The zero-order valence-electron chi connectivity index (χ0n) is 11.1. The van der Waals surface area contributed by atoms with E-state index in [1.54, 1.807) is 0 Å². The first-order chi connectivity index (χ1) is 9.08. The summed E-state index contributed by atoms with van der Waals surface area (Å²) in [6.45, 7) is 3.73. The van der Waals surface area contributed by atoms with Crippen LogP contribution in [0.1, 0.15) is 19.8 Å². The summed E-state index contributed by atoms with van der Waals surface area (Å²) in [6, 6.07) is 7.84. The predicted molar refractivity (Wildman–Crippen MR) is 81.0 cm³/mol. The van der Waals surface area contributed by atoms with E-state index in [0.717, 1.165) is 36.1 Å². The van der Waals surface area contributed by atoms with Crippen LogP contribution in [0.3, 0.4) is 0 Å². The fourth-order valence-corrected chi connectivity index (χ4v) is 3.04. The van der Waals surface area contributed by atoms with Crippen LogP contribution < -0.4 is 16.4 Å². The number of piperidine rings is 1. The zero-order chi connectivity index (χ0) is 13.9. The second-order valence-electron chi connectivity index (χ2n) is 5.03. The summed E-state index contributed by atoms with van der Waals surface area (Å²) < 4.78 is 1.02. The molecule has 5 heteroatoms. The van der Waals surface area contributed by atoms with Gasteiger partial charge in [-0.2, -0.15) is 0 Å².